The highest BCUT2D eigenvalue weighted by Crippen LogP contribution is 2.30. The Labute approximate surface area is 147 Å². The molecular weight excluding hydrogens is 448 g/mol. The molecule has 1 N–H and O–H groups in total. The van der Waals surface area contributed by atoms with Gasteiger partial charge in [-0.1, -0.05) is 46.6 Å². The van der Waals surface area contributed by atoms with E-state index in [0.29, 0.717) is 0 Å². The van der Waals surface area contributed by atoms with Gasteiger partial charge in [0.1, 0.15) is 0 Å². The fraction of sp³-hybridized carbons (Fsp3) is 0.250. The zero-order valence-electron chi connectivity index (χ0n) is 11.4. The van der Waals surface area contributed by atoms with Crippen molar-refractivity contribution in [3.05, 3.63) is 66.2 Å². The molecule has 0 fully saturated rings. The van der Waals surface area contributed by atoms with Crippen LogP contribution >= 0.6 is 50.1 Å². The number of aryl methyl sites for hydroxylation is 1. The Morgan fingerprint density at radius 3 is 2.65 bits per heavy atom. The third-order valence-corrected chi connectivity index (χ3v) is 5.09. The molecule has 1 unspecified atom stereocenters. The van der Waals surface area contributed by atoms with Crippen molar-refractivity contribution in [1.82, 2.24) is 5.32 Å². The van der Waals surface area contributed by atoms with Crippen LogP contribution in [0.4, 0.5) is 0 Å². The van der Waals surface area contributed by atoms with Crippen molar-refractivity contribution >= 4 is 50.1 Å². The van der Waals surface area contributed by atoms with E-state index in [0.717, 1.165) is 21.6 Å². The molecule has 0 aliphatic heterocycles. The molecule has 2 aromatic rings. The van der Waals surface area contributed by atoms with Crippen molar-refractivity contribution in [3.8, 4) is 0 Å². The lowest BCUT2D eigenvalue weighted by Crippen LogP contribution is -2.23. The molecule has 0 saturated heterocycles. The Morgan fingerprint density at radius 2 is 2.00 bits per heavy atom. The molecule has 0 heterocycles. The summed E-state index contributed by atoms with van der Waals surface area (Å²) in [5, 5.41) is 4.36. The molecule has 2 rings (SSSR count). The third kappa shape index (κ3) is 3.75. The summed E-state index contributed by atoms with van der Waals surface area (Å²) in [6, 6.07) is 12.8. The molecule has 0 aromatic heterocycles. The summed E-state index contributed by atoms with van der Waals surface area (Å²) in [5.41, 5.74) is 3.56. The molecule has 0 saturated carbocycles. The lowest BCUT2D eigenvalue weighted by molar-refractivity contribution is 0.628. The van der Waals surface area contributed by atoms with Gasteiger partial charge in [0.05, 0.1) is 6.04 Å². The molecule has 4 heteroatoms. The standard InChI is InChI=1S/C16H16BrClIN/c1-3-20-16(11-5-4-10(2)14(18)8-11)13-9-12(17)6-7-15(13)19/h4-9,16,20H,3H2,1-2H3. The topological polar surface area (TPSA) is 12.0 Å². The number of halogens is 3. The second kappa shape index (κ2) is 7.25. The van der Waals surface area contributed by atoms with E-state index < -0.39 is 0 Å². The van der Waals surface area contributed by atoms with Crippen LogP contribution in [-0.2, 0) is 0 Å². The molecule has 0 bridgehead atoms. The largest absolute Gasteiger partial charge is 0.306 e. The van der Waals surface area contributed by atoms with Crippen molar-refractivity contribution in [2.24, 2.45) is 0 Å². The predicted octanol–water partition coefficient (Wildman–Crippen LogP) is 5.71. The summed E-state index contributed by atoms with van der Waals surface area (Å²) in [6.07, 6.45) is 0. The van der Waals surface area contributed by atoms with Gasteiger partial charge in [-0.25, -0.2) is 0 Å². The highest BCUT2D eigenvalue weighted by atomic mass is 127. The summed E-state index contributed by atoms with van der Waals surface area (Å²) >= 11 is 12.2. The fourth-order valence-electron chi connectivity index (χ4n) is 2.14. The number of nitrogens with one attached hydrogen (secondary N) is 1. The van der Waals surface area contributed by atoms with E-state index >= 15 is 0 Å². The van der Waals surface area contributed by atoms with Crippen LogP contribution in [0.25, 0.3) is 0 Å². The van der Waals surface area contributed by atoms with Gasteiger partial charge in [0, 0.05) is 13.1 Å². The summed E-state index contributed by atoms with van der Waals surface area (Å²) < 4.78 is 2.34. The Balaban J connectivity index is 2.49. The second-order valence-corrected chi connectivity index (χ2v) is 7.15. The van der Waals surface area contributed by atoms with Crippen molar-refractivity contribution < 1.29 is 0 Å². The average molecular weight is 465 g/mol. The van der Waals surface area contributed by atoms with E-state index in [1.54, 1.807) is 0 Å². The zero-order valence-corrected chi connectivity index (χ0v) is 15.9. The van der Waals surface area contributed by atoms with Gasteiger partial charge in [0.2, 0.25) is 0 Å². The van der Waals surface area contributed by atoms with E-state index in [2.05, 4.69) is 87.2 Å². The van der Waals surface area contributed by atoms with Gasteiger partial charge in [0.25, 0.3) is 0 Å². The lowest BCUT2D eigenvalue weighted by Gasteiger charge is -2.21. The molecule has 0 amide bonds. The zero-order chi connectivity index (χ0) is 14.7. The Hall–Kier alpha value is -0.100. The van der Waals surface area contributed by atoms with E-state index in [1.165, 1.54) is 14.7 Å². The van der Waals surface area contributed by atoms with Crippen LogP contribution in [-0.4, -0.2) is 6.54 Å². The van der Waals surface area contributed by atoms with Gasteiger partial charge < -0.3 is 5.32 Å². The molecule has 0 radical (unpaired) electrons. The molecule has 106 valence electrons. The minimum Gasteiger partial charge on any atom is -0.306 e. The van der Waals surface area contributed by atoms with Crippen molar-refractivity contribution in [1.29, 1.82) is 0 Å². The molecule has 2 aromatic carbocycles. The van der Waals surface area contributed by atoms with Crippen LogP contribution in [0.15, 0.2) is 40.9 Å². The van der Waals surface area contributed by atoms with Gasteiger partial charge in [-0.15, -0.1) is 0 Å². The second-order valence-electron chi connectivity index (χ2n) is 4.67. The summed E-state index contributed by atoms with van der Waals surface area (Å²) in [6.45, 7) is 5.05. The molecular formula is C16H16BrClIN. The summed E-state index contributed by atoms with van der Waals surface area (Å²) in [4.78, 5) is 0. The van der Waals surface area contributed by atoms with E-state index in [1.807, 2.05) is 6.92 Å². The first-order chi connectivity index (χ1) is 9.52. The molecule has 0 aliphatic rings. The first-order valence-corrected chi connectivity index (χ1v) is 8.72. The minimum atomic E-state index is 0.155. The van der Waals surface area contributed by atoms with Gasteiger partial charge in [-0.3, -0.25) is 0 Å². The smallest absolute Gasteiger partial charge is 0.0588 e. The third-order valence-electron chi connectivity index (χ3n) is 3.21. The van der Waals surface area contributed by atoms with E-state index in [9.17, 15) is 0 Å². The molecule has 0 aliphatic carbocycles. The van der Waals surface area contributed by atoms with Crippen molar-refractivity contribution in [2.45, 2.75) is 19.9 Å². The molecule has 20 heavy (non-hydrogen) atoms. The lowest BCUT2D eigenvalue weighted by atomic mass is 9.98. The SMILES string of the molecule is CCNC(c1ccc(C)c(Cl)c1)c1cc(Br)ccc1I. The van der Waals surface area contributed by atoms with Crippen LogP contribution in [0.2, 0.25) is 5.02 Å². The number of rotatable bonds is 4. The number of hydrogen-bond donors (Lipinski definition) is 1. The van der Waals surface area contributed by atoms with Gasteiger partial charge in [0.15, 0.2) is 0 Å². The van der Waals surface area contributed by atoms with Crippen molar-refractivity contribution in [3.63, 3.8) is 0 Å². The van der Waals surface area contributed by atoms with Crippen LogP contribution in [0.5, 0.6) is 0 Å². The highest BCUT2D eigenvalue weighted by Gasteiger charge is 2.17. The van der Waals surface area contributed by atoms with Crippen LogP contribution < -0.4 is 5.32 Å². The monoisotopic (exact) mass is 463 g/mol. The minimum absolute atomic E-state index is 0.155. The fourth-order valence-corrected chi connectivity index (χ4v) is 3.35. The van der Waals surface area contributed by atoms with Crippen molar-refractivity contribution in [2.75, 3.05) is 6.54 Å². The maximum atomic E-state index is 6.28. The first kappa shape index (κ1) is 16.3. The maximum Gasteiger partial charge on any atom is 0.0588 e. The molecule has 1 atom stereocenters. The van der Waals surface area contributed by atoms with Crippen LogP contribution in [0.3, 0.4) is 0 Å². The van der Waals surface area contributed by atoms with Gasteiger partial charge in [-0.05, 0) is 77.0 Å². The normalized spacial score (nSPS) is 12.4. The summed E-state index contributed by atoms with van der Waals surface area (Å²) in [5.74, 6) is 0. The van der Waals surface area contributed by atoms with Crippen LogP contribution in [0, 0.1) is 10.5 Å². The quantitative estimate of drug-likeness (QED) is 0.571. The number of hydrogen-bond acceptors (Lipinski definition) is 1. The predicted molar refractivity (Wildman–Crippen MR) is 98.6 cm³/mol. The van der Waals surface area contributed by atoms with Gasteiger partial charge >= 0.3 is 0 Å². The Kier molecular flexibility index (Phi) is 5.90. The van der Waals surface area contributed by atoms with E-state index in [-0.39, 0.29) is 6.04 Å². The van der Waals surface area contributed by atoms with E-state index in [4.69, 9.17) is 11.6 Å². The number of benzene rings is 2. The van der Waals surface area contributed by atoms with Crippen LogP contribution in [0.1, 0.15) is 29.7 Å². The molecule has 0 spiro atoms. The first-order valence-electron chi connectivity index (χ1n) is 6.47. The highest BCUT2D eigenvalue weighted by molar-refractivity contribution is 14.1. The summed E-state index contributed by atoms with van der Waals surface area (Å²) in [7, 11) is 0. The van der Waals surface area contributed by atoms with Gasteiger partial charge in [-0.2, -0.15) is 0 Å². The molecule has 1 nitrogen and oxygen atoms in total. The maximum absolute atomic E-state index is 6.28. The average Bonchev–Trinajstić information content (AvgIpc) is 2.42. The Bertz CT molecular complexity index is 615. The Morgan fingerprint density at radius 1 is 1.25 bits per heavy atom.